The van der Waals surface area contributed by atoms with Crippen molar-refractivity contribution in [3.63, 3.8) is 0 Å². The van der Waals surface area contributed by atoms with E-state index in [-0.39, 0.29) is 25.5 Å². The first-order chi connectivity index (χ1) is 13.9. The highest BCUT2D eigenvalue weighted by Crippen LogP contribution is 2.23. The molecule has 0 unspecified atom stereocenters. The molecule has 3 N–H and O–H groups in total. The normalized spacial score (nSPS) is 9.38. The van der Waals surface area contributed by atoms with E-state index in [0.29, 0.717) is 23.9 Å². The summed E-state index contributed by atoms with van der Waals surface area (Å²) in [6.07, 6.45) is 3.31. The second-order valence-corrected chi connectivity index (χ2v) is 6.03. The van der Waals surface area contributed by atoms with Gasteiger partial charge in [-0.05, 0) is 26.2 Å². The fourth-order valence-corrected chi connectivity index (χ4v) is 2.17. The van der Waals surface area contributed by atoms with E-state index >= 15 is 0 Å². The number of rotatable bonds is 8. The van der Waals surface area contributed by atoms with E-state index in [4.69, 9.17) is 36.1 Å². The number of aromatic amines is 1. The minimum absolute atomic E-state index is 0.0503. The van der Waals surface area contributed by atoms with E-state index in [2.05, 4.69) is 9.97 Å². The summed E-state index contributed by atoms with van der Waals surface area (Å²) in [6.45, 7) is 1.30. The summed E-state index contributed by atoms with van der Waals surface area (Å²) >= 11 is 6.04. The van der Waals surface area contributed by atoms with Crippen molar-refractivity contribution >= 4 is 30.5 Å². The SMILES string of the molecule is CN(C)CCN(Cc1cnc[nH]1)C(=O)COc1ccccc1Cl.O=CO.O=CO. The van der Waals surface area contributed by atoms with Gasteiger partial charge in [-0.25, -0.2) is 4.98 Å². The van der Waals surface area contributed by atoms with Gasteiger partial charge in [0.05, 0.1) is 23.6 Å². The number of hydrogen-bond donors (Lipinski definition) is 3. The van der Waals surface area contributed by atoms with Gasteiger partial charge < -0.3 is 29.7 Å². The predicted molar refractivity (Wildman–Crippen MR) is 107 cm³/mol. The number of aromatic nitrogens is 2. The second-order valence-electron chi connectivity index (χ2n) is 5.63. The molecule has 160 valence electrons. The Hall–Kier alpha value is -3.11. The lowest BCUT2D eigenvalue weighted by molar-refractivity contribution is -0.134. The van der Waals surface area contributed by atoms with Crippen LogP contribution in [0.25, 0.3) is 0 Å². The van der Waals surface area contributed by atoms with Crippen LogP contribution in [0.2, 0.25) is 5.02 Å². The van der Waals surface area contributed by atoms with Gasteiger partial charge in [-0.2, -0.15) is 0 Å². The van der Waals surface area contributed by atoms with Crippen molar-refractivity contribution in [3.8, 4) is 5.75 Å². The number of H-pyrrole nitrogens is 1. The van der Waals surface area contributed by atoms with Crippen molar-refractivity contribution in [3.05, 3.63) is 47.5 Å². The summed E-state index contributed by atoms with van der Waals surface area (Å²) in [5, 5.41) is 14.3. The highest BCUT2D eigenvalue weighted by molar-refractivity contribution is 6.32. The Balaban J connectivity index is 0.00000116. The number of para-hydroxylation sites is 1. The largest absolute Gasteiger partial charge is 0.483 e. The van der Waals surface area contributed by atoms with E-state index in [0.717, 1.165) is 12.2 Å². The summed E-state index contributed by atoms with van der Waals surface area (Å²) in [5.41, 5.74) is 0.884. The van der Waals surface area contributed by atoms with Gasteiger partial charge in [-0.3, -0.25) is 14.4 Å². The Kier molecular flexibility index (Phi) is 14.2. The molecule has 11 heteroatoms. The predicted octanol–water partition coefficient (Wildman–Crippen LogP) is 1.43. The molecule has 1 heterocycles. The first-order valence-electron chi connectivity index (χ1n) is 8.32. The van der Waals surface area contributed by atoms with Crippen LogP contribution in [0.5, 0.6) is 5.75 Å². The van der Waals surface area contributed by atoms with Crippen LogP contribution in [0.1, 0.15) is 5.69 Å². The Labute approximate surface area is 173 Å². The maximum Gasteiger partial charge on any atom is 0.290 e. The Morgan fingerprint density at radius 2 is 1.83 bits per heavy atom. The monoisotopic (exact) mass is 428 g/mol. The number of halogens is 1. The lowest BCUT2D eigenvalue weighted by Gasteiger charge is -2.24. The molecule has 0 bridgehead atoms. The average molecular weight is 429 g/mol. The minimum Gasteiger partial charge on any atom is -0.483 e. The molecule has 29 heavy (non-hydrogen) atoms. The first kappa shape index (κ1) is 25.9. The maximum atomic E-state index is 12.5. The van der Waals surface area contributed by atoms with Gasteiger partial charge >= 0.3 is 0 Å². The van der Waals surface area contributed by atoms with E-state index in [1.165, 1.54) is 0 Å². The molecule has 10 nitrogen and oxygen atoms in total. The fraction of sp³-hybridized carbons (Fsp3) is 0.333. The molecule has 0 aliphatic heterocycles. The van der Waals surface area contributed by atoms with E-state index in [1.807, 2.05) is 31.1 Å². The number of hydrogen-bond acceptors (Lipinski definition) is 6. The van der Waals surface area contributed by atoms with E-state index in [9.17, 15) is 4.79 Å². The zero-order chi connectivity index (χ0) is 22.1. The standard InChI is InChI=1S/C16H21ClN4O2.2CH2O2/c1-20(2)7-8-21(10-13-9-18-12-19-13)16(22)11-23-15-6-4-3-5-14(15)17;2*2-1-3/h3-6,9,12H,7-8,10-11H2,1-2H3,(H,18,19);2*1H,(H,2,3). The van der Waals surface area contributed by atoms with Crippen LogP contribution >= 0.6 is 11.6 Å². The van der Waals surface area contributed by atoms with Crippen LogP contribution in [-0.4, -0.2) is 82.6 Å². The number of likely N-dealkylation sites (N-methyl/N-ethyl adjacent to an activating group) is 1. The number of carboxylic acid groups (broad SMARTS) is 2. The fourth-order valence-electron chi connectivity index (χ4n) is 1.98. The van der Waals surface area contributed by atoms with Gasteiger partial charge in [0.15, 0.2) is 6.61 Å². The Bertz CT molecular complexity index is 706. The molecule has 0 fully saturated rings. The summed E-state index contributed by atoms with van der Waals surface area (Å²) in [6, 6.07) is 7.11. The number of nitrogens with one attached hydrogen (secondary N) is 1. The Morgan fingerprint density at radius 3 is 2.34 bits per heavy atom. The minimum atomic E-state index is -0.250. The van der Waals surface area contributed by atoms with Gasteiger partial charge in [0.1, 0.15) is 5.75 Å². The van der Waals surface area contributed by atoms with Crippen molar-refractivity contribution in [1.29, 1.82) is 0 Å². The van der Waals surface area contributed by atoms with E-state index < -0.39 is 0 Å². The van der Waals surface area contributed by atoms with Crippen LogP contribution in [0.4, 0.5) is 0 Å². The molecular weight excluding hydrogens is 404 g/mol. The van der Waals surface area contributed by atoms with Gasteiger partial charge in [-0.1, -0.05) is 23.7 Å². The average Bonchev–Trinajstić information content (AvgIpc) is 3.18. The van der Waals surface area contributed by atoms with Crippen LogP contribution in [0, 0.1) is 0 Å². The molecule has 1 amide bonds. The topological polar surface area (TPSA) is 136 Å². The van der Waals surface area contributed by atoms with Gasteiger partial charge in [-0.15, -0.1) is 0 Å². The maximum absolute atomic E-state index is 12.5. The van der Waals surface area contributed by atoms with Crippen molar-refractivity contribution < 1.29 is 29.3 Å². The van der Waals surface area contributed by atoms with Gasteiger partial charge in [0.25, 0.3) is 18.9 Å². The summed E-state index contributed by atoms with van der Waals surface area (Å²) < 4.78 is 5.54. The van der Waals surface area contributed by atoms with Crippen molar-refractivity contribution in [1.82, 2.24) is 19.8 Å². The quantitative estimate of drug-likeness (QED) is 0.537. The number of ether oxygens (including phenoxy) is 1. The number of nitrogens with zero attached hydrogens (tertiary/aromatic N) is 3. The van der Waals surface area contributed by atoms with Crippen LogP contribution in [0.3, 0.4) is 0 Å². The lowest BCUT2D eigenvalue weighted by Crippen LogP contribution is -2.39. The number of amides is 1. The first-order valence-corrected chi connectivity index (χ1v) is 8.70. The zero-order valence-corrected chi connectivity index (χ0v) is 17.0. The molecule has 2 rings (SSSR count). The van der Waals surface area contributed by atoms with Crippen molar-refractivity contribution in [2.24, 2.45) is 0 Å². The van der Waals surface area contributed by atoms with Crippen molar-refractivity contribution in [2.75, 3.05) is 33.8 Å². The number of carbonyl (C=O) groups excluding carboxylic acids is 1. The third kappa shape index (κ3) is 12.1. The summed E-state index contributed by atoms with van der Waals surface area (Å²) in [5.74, 6) is 0.415. The molecule has 0 saturated carbocycles. The molecular formula is C18H25ClN4O6. The van der Waals surface area contributed by atoms with Gasteiger partial charge in [0.2, 0.25) is 0 Å². The molecule has 1 aromatic carbocycles. The van der Waals surface area contributed by atoms with Crippen LogP contribution in [0.15, 0.2) is 36.8 Å². The Morgan fingerprint density at radius 1 is 1.21 bits per heavy atom. The molecule has 0 aliphatic carbocycles. The number of carbonyl (C=O) groups is 3. The van der Waals surface area contributed by atoms with Crippen LogP contribution < -0.4 is 4.74 Å². The molecule has 0 saturated heterocycles. The van der Waals surface area contributed by atoms with Gasteiger partial charge in [0, 0.05) is 19.3 Å². The number of benzene rings is 1. The molecule has 0 atom stereocenters. The third-order valence-corrected chi connectivity index (χ3v) is 3.59. The summed E-state index contributed by atoms with van der Waals surface area (Å²) in [4.78, 5) is 40.0. The molecule has 0 aliphatic rings. The molecule has 2 aromatic rings. The number of imidazole rings is 1. The third-order valence-electron chi connectivity index (χ3n) is 3.27. The molecule has 0 spiro atoms. The second kappa shape index (κ2) is 15.9. The smallest absolute Gasteiger partial charge is 0.290 e. The lowest BCUT2D eigenvalue weighted by atomic mass is 10.3. The highest BCUT2D eigenvalue weighted by atomic mass is 35.5. The van der Waals surface area contributed by atoms with Crippen molar-refractivity contribution in [2.45, 2.75) is 6.54 Å². The zero-order valence-electron chi connectivity index (χ0n) is 16.2. The van der Waals surface area contributed by atoms with Crippen LogP contribution in [-0.2, 0) is 20.9 Å². The summed E-state index contributed by atoms with van der Waals surface area (Å²) in [7, 11) is 3.94. The highest BCUT2D eigenvalue weighted by Gasteiger charge is 2.16. The van der Waals surface area contributed by atoms with E-state index in [1.54, 1.807) is 29.6 Å². The molecule has 0 radical (unpaired) electrons. The molecule has 1 aromatic heterocycles.